The third-order valence-corrected chi connectivity index (χ3v) is 6.16. The van der Waals surface area contributed by atoms with Gasteiger partial charge in [-0.05, 0) is 31.2 Å². The number of nitrogens with one attached hydrogen (secondary N) is 2. The number of nitrogens with zero attached hydrogens (tertiary/aromatic N) is 1. The molecule has 1 heterocycles. The summed E-state index contributed by atoms with van der Waals surface area (Å²) in [6, 6.07) is 7.91. The van der Waals surface area contributed by atoms with Crippen LogP contribution in [0.5, 0.6) is 5.75 Å². The summed E-state index contributed by atoms with van der Waals surface area (Å²) in [4.78, 5) is 4.19. The third kappa shape index (κ3) is 6.32. The number of halogens is 1. The number of hydrogen-bond acceptors (Lipinski definition) is 4. The molecule has 2 N–H and O–H groups in total. The van der Waals surface area contributed by atoms with Gasteiger partial charge in [-0.25, -0.2) is 8.42 Å². The van der Waals surface area contributed by atoms with E-state index in [4.69, 9.17) is 4.74 Å². The highest BCUT2D eigenvalue weighted by atomic mass is 127. The van der Waals surface area contributed by atoms with Gasteiger partial charge in [0.25, 0.3) is 0 Å². The van der Waals surface area contributed by atoms with Gasteiger partial charge in [0.05, 0.1) is 18.1 Å². The van der Waals surface area contributed by atoms with E-state index in [1.165, 1.54) is 12.8 Å². The minimum absolute atomic E-state index is 0. The summed E-state index contributed by atoms with van der Waals surface area (Å²) in [6.45, 7) is 1.36. The second-order valence-corrected chi connectivity index (χ2v) is 8.76. The molecule has 1 aliphatic carbocycles. The lowest BCUT2D eigenvalue weighted by atomic mass is 10.2. The zero-order valence-electron chi connectivity index (χ0n) is 14.4. The van der Waals surface area contributed by atoms with Crippen LogP contribution in [0.15, 0.2) is 29.3 Å². The molecular formula is C17H26IN3O3S. The van der Waals surface area contributed by atoms with E-state index in [2.05, 4.69) is 15.6 Å². The van der Waals surface area contributed by atoms with Crippen LogP contribution in [0.2, 0.25) is 0 Å². The maximum Gasteiger partial charge on any atom is 0.191 e. The van der Waals surface area contributed by atoms with Crippen molar-refractivity contribution < 1.29 is 13.2 Å². The van der Waals surface area contributed by atoms with Crippen LogP contribution in [0.25, 0.3) is 0 Å². The Morgan fingerprint density at radius 3 is 2.68 bits per heavy atom. The number of benzene rings is 1. The molecule has 1 unspecified atom stereocenters. The van der Waals surface area contributed by atoms with Gasteiger partial charge >= 0.3 is 0 Å². The molecule has 2 fully saturated rings. The number of ether oxygens (including phenoxy) is 1. The maximum absolute atomic E-state index is 11.5. The molecule has 0 radical (unpaired) electrons. The predicted molar refractivity (Wildman–Crippen MR) is 110 cm³/mol. The fraction of sp³-hybridized carbons (Fsp3) is 0.588. The lowest BCUT2D eigenvalue weighted by molar-refractivity contribution is 0.296. The molecule has 1 atom stereocenters. The van der Waals surface area contributed by atoms with Crippen molar-refractivity contribution in [2.75, 3.05) is 25.2 Å². The van der Waals surface area contributed by atoms with Crippen LogP contribution in [0.3, 0.4) is 0 Å². The molecule has 1 aromatic carbocycles. The lowest BCUT2D eigenvalue weighted by Gasteiger charge is -2.17. The smallest absolute Gasteiger partial charge is 0.191 e. The van der Waals surface area contributed by atoms with Gasteiger partial charge in [-0.15, -0.1) is 24.0 Å². The van der Waals surface area contributed by atoms with Crippen LogP contribution < -0.4 is 15.4 Å². The average Bonchev–Trinajstić information content (AvgIpc) is 3.33. The highest BCUT2D eigenvalue weighted by Crippen LogP contribution is 2.30. The zero-order chi connectivity index (χ0) is 17.0. The molecule has 2 aliphatic rings. The van der Waals surface area contributed by atoms with Crippen molar-refractivity contribution in [3.05, 3.63) is 29.8 Å². The summed E-state index contributed by atoms with van der Waals surface area (Å²) in [5, 5.41) is 6.44. The summed E-state index contributed by atoms with van der Waals surface area (Å²) in [5.41, 5.74) is 1.07. The fourth-order valence-electron chi connectivity index (χ4n) is 2.76. The first-order chi connectivity index (χ1) is 11.6. The van der Waals surface area contributed by atoms with Gasteiger partial charge in [0.15, 0.2) is 15.8 Å². The highest BCUT2D eigenvalue weighted by Gasteiger charge is 2.28. The molecule has 0 spiro atoms. The molecule has 1 saturated heterocycles. The lowest BCUT2D eigenvalue weighted by Crippen LogP contribution is -2.43. The molecule has 0 aromatic heterocycles. The molecule has 3 rings (SSSR count). The van der Waals surface area contributed by atoms with Crippen molar-refractivity contribution >= 4 is 39.8 Å². The fourth-order valence-corrected chi connectivity index (χ4v) is 4.43. The summed E-state index contributed by atoms with van der Waals surface area (Å²) in [6.07, 6.45) is 3.16. The second kappa shape index (κ2) is 9.07. The average molecular weight is 479 g/mol. The molecule has 140 valence electrons. The Hall–Kier alpha value is -1.03. The van der Waals surface area contributed by atoms with Crippen LogP contribution in [0.1, 0.15) is 24.8 Å². The SMILES string of the molecule is CN=C(NCc1ccccc1OCC1CC1)NC1CCS(=O)(=O)C1.I. The van der Waals surface area contributed by atoms with E-state index in [1.54, 1.807) is 7.05 Å². The van der Waals surface area contributed by atoms with Crippen molar-refractivity contribution in [2.45, 2.75) is 31.8 Å². The van der Waals surface area contributed by atoms with E-state index in [0.29, 0.717) is 24.8 Å². The first-order valence-corrected chi connectivity index (χ1v) is 10.3. The molecule has 0 bridgehead atoms. The third-order valence-electron chi connectivity index (χ3n) is 4.39. The number of para-hydroxylation sites is 1. The zero-order valence-corrected chi connectivity index (χ0v) is 17.5. The van der Waals surface area contributed by atoms with E-state index >= 15 is 0 Å². The van der Waals surface area contributed by atoms with Crippen LogP contribution in [0, 0.1) is 5.92 Å². The van der Waals surface area contributed by atoms with Gasteiger partial charge in [0, 0.05) is 25.2 Å². The van der Waals surface area contributed by atoms with E-state index in [9.17, 15) is 8.42 Å². The summed E-state index contributed by atoms with van der Waals surface area (Å²) in [7, 11) is -1.21. The number of hydrogen-bond donors (Lipinski definition) is 2. The maximum atomic E-state index is 11.5. The predicted octanol–water partition coefficient (Wildman–Crippen LogP) is 1.95. The number of aliphatic imine (C=N–C) groups is 1. The van der Waals surface area contributed by atoms with Crippen molar-refractivity contribution in [3.8, 4) is 5.75 Å². The van der Waals surface area contributed by atoms with Crippen LogP contribution in [0.4, 0.5) is 0 Å². The Bertz CT molecular complexity index is 705. The Morgan fingerprint density at radius 2 is 2.04 bits per heavy atom. The topological polar surface area (TPSA) is 79.8 Å². The first-order valence-electron chi connectivity index (χ1n) is 8.44. The van der Waals surface area contributed by atoms with Gasteiger partial charge in [-0.1, -0.05) is 18.2 Å². The van der Waals surface area contributed by atoms with E-state index in [-0.39, 0.29) is 41.5 Å². The second-order valence-electron chi connectivity index (χ2n) is 6.53. The molecule has 1 saturated carbocycles. The largest absolute Gasteiger partial charge is 0.493 e. The van der Waals surface area contributed by atoms with Gasteiger partial charge in [-0.3, -0.25) is 4.99 Å². The quantitative estimate of drug-likeness (QED) is 0.371. The van der Waals surface area contributed by atoms with Gasteiger partial charge in [0.1, 0.15) is 5.75 Å². The molecule has 8 heteroatoms. The number of guanidine groups is 1. The van der Waals surface area contributed by atoms with Gasteiger partial charge < -0.3 is 15.4 Å². The minimum atomic E-state index is -2.90. The first kappa shape index (κ1) is 20.3. The Labute approximate surface area is 166 Å². The molecule has 1 aromatic rings. The van der Waals surface area contributed by atoms with Crippen molar-refractivity contribution in [1.29, 1.82) is 0 Å². The van der Waals surface area contributed by atoms with E-state index < -0.39 is 9.84 Å². The molecule has 0 amide bonds. The molecule has 6 nitrogen and oxygen atoms in total. The number of sulfone groups is 1. The van der Waals surface area contributed by atoms with Crippen molar-refractivity contribution in [3.63, 3.8) is 0 Å². The molecule has 1 aliphatic heterocycles. The van der Waals surface area contributed by atoms with E-state index in [0.717, 1.165) is 17.9 Å². The minimum Gasteiger partial charge on any atom is -0.493 e. The number of rotatable bonds is 6. The molecule has 25 heavy (non-hydrogen) atoms. The standard InChI is InChI=1S/C17H25N3O3S.HI/c1-18-17(20-15-8-9-24(21,22)12-15)19-10-14-4-2-3-5-16(14)23-11-13-6-7-13;/h2-5,13,15H,6-12H2,1H3,(H2,18,19,20);1H. The summed E-state index contributed by atoms with van der Waals surface area (Å²) >= 11 is 0. The Balaban J connectivity index is 0.00000225. The van der Waals surface area contributed by atoms with E-state index in [1.807, 2.05) is 24.3 Å². The van der Waals surface area contributed by atoms with Crippen LogP contribution >= 0.6 is 24.0 Å². The summed E-state index contributed by atoms with van der Waals surface area (Å²) < 4.78 is 29.0. The van der Waals surface area contributed by atoms with Crippen molar-refractivity contribution in [2.24, 2.45) is 10.9 Å². The van der Waals surface area contributed by atoms with Crippen LogP contribution in [-0.4, -0.2) is 45.6 Å². The van der Waals surface area contributed by atoms with Crippen LogP contribution in [-0.2, 0) is 16.4 Å². The highest BCUT2D eigenvalue weighted by molar-refractivity contribution is 14.0. The van der Waals surface area contributed by atoms with Gasteiger partial charge in [0.2, 0.25) is 0 Å². The van der Waals surface area contributed by atoms with Crippen molar-refractivity contribution in [1.82, 2.24) is 10.6 Å². The normalized spacial score (nSPS) is 22.1. The monoisotopic (exact) mass is 479 g/mol. The Morgan fingerprint density at radius 1 is 1.28 bits per heavy atom. The summed E-state index contributed by atoms with van der Waals surface area (Å²) in [5.74, 6) is 2.66. The molecular weight excluding hydrogens is 453 g/mol. The Kier molecular flexibility index (Phi) is 7.36. The van der Waals surface area contributed by atoms with Gasteiger partial charge in [-0.2, -0.15) is 0 Å².